The van der Waals surface area contributed by atoms with E-state index >= 15 is 0 Å². The van der Waals surface area contributed by atoms with Crippen LogP contribution in [0.1, 0.15) is 34.6 Å². The van der Waals surface area contributed by atoms with Gasteiger partial charge in [0.25, 0.3) is 5.91 Å². The molecule has 0 saturated carbocycles. The molecular formula is C19H18N4O2S. The minimum absolute atomic E-state index is 0.0695. The SMILES string of the molecule is CN(C)c1ccc(C=C(C#N)C(=O)Nc2sc3c(c2C#N)CCCC3)o1. The third kappa shape index (κ3) is 3.49. The van der Waals surface area contributed by atoms with Crippen LogP contribution in [0.5, 0.6) is 0 Å². The molecule has 0 fully saturated rings. The van der Waals surface area contributed by atoms with Gasteiger partial charge in [-0.25, -0.2) is 0 Å². The maximum Gasteiger partial charge on any atom is 0.267 e. The van der Waals surface area contributed by atoms with E-state index in [2.05, 4.69) is 11.4 Å². The van der Waals surface area contributed by atoms with Gasteiger partial charge in [-0.1, -0.05) is 0 Å². The predicted molar refractivity (Wildman–Crippen MR) is 101 cm³/mol. The molecule has 6 nitrogen and oxygen atoms in total. The summed E-state index contributed by atoms with van der Waals surface area (Å²) in [5, 5.41) is 22.1. The molecule has 1 N–H and O–H groups in total. The van der Waals surface area contributed by atoms with Gasteiger partial charge in [0.15, 0.2) is 5.88 Å². The summed E-state index contributed by atoms with van der Waals surface area (Å²) in [7, 11) is 3.68. The molecule has 0 bridgehead atoms. The summed E-state index contributed by atoms with van der Waals surface area (Å²) in [6.45, 7) is 0. The average molecular weight is 366 g/mol. The highest BCUT2D eigenvalue weighted by Gasteiger charge is 2.22. The van der Waals surface area contributed by atoms with Crippen molar-refractivity contribution in [2.45, 2.75) is 25.7 Å². The number of carbonyl (C=O) groups is 1. The number of anilines is 2. The van der Waals surface area contributed by atoms with Crippen molar-refractivity contribution in [3.05, 3.63) is 39.5 Å². The van der Waals surface area contributed by atoms with E-state index in [4.69, 9.17) is 4.42 Å². The summed E-state index contributed by atoms with van der Waals surface area (Å²) in [5.74, 6) is 0.517. The highest BCUT2D eigenvalue weighted by Crippen LogP contribution is 2.37. The second-order valence-corrected chi connectivity index (χ2v) is 7.33. The molecule has 1 aliphatic rings. The summed E-state index contributed by atoms with van der Waals surface area (Å²) < 4.78 is 5.56. The zero-order valence-corrected chi connectivity index (χ0v) is 15.4. The fourth-order valence-corrected chi connectivity index (χ4v) is 4.13. The number of hydrogen-bond acceptors (Lipinski definition) is 6. The number of aryl methyl sites for hydroxylation is 1. The molecule has 132 valence electrons. The molecule has 0 spiro atoms. The van der Waals surface area contributed by atoms with E-state index in [0.717, 1.165) is 36.1 Å². The van der Waals surface area contributed by atoms with Crippen molar-refractivity contribution in [3.8, 4) is 12.1 Å². The van der Waals surface area contributed by atoms with Gasteiger partial charge in [0.05, 0.1) is 5.56 Å². The molecule has 0 atom stereocenters. The monoisotopic (exact) mass is 366 g/mol. The van der Waals surface area contributed by atoms with Crippen LogP contribution in [0.3, 0.4) is 0 Å². The van der Waals surface area contributed by atoms with E-state index in [-0.39, 0.29) is 5.57 Å². The van der Waals surface area contributed by atoms with Crippen molar-refractivity contribution in [1.29, 1.82) is 10.5 Å². The lowest BCUT2D eigenvalue weighted by Gasteiger charge is -2.09. The Morgan fingerprint density at radius 2 is 2.08 bits per heavy atom. The summed E-state index contributed by atoms with van der Waals surface area (Å²) >= 11 is 1.44. The molecule has 7 heteroatoms. The molecule has 2 aromatic rings. The predicted octanol–water partition coefficient (Wildman–Crippen LogP) is 3.70. The lowest BCUT2D eigenvalue weighted by Crippen LogP contribution is -2.13. The fourth-order valence-electron chi connectivity index (χ4n) is 2.89. The molecule has 3 rings (SSSR count). The van der Waals surface area contributed by atoms with Gasteiger partial charge in [-0.3, -0.25) is 4.79 Å². The summed E-state index contributed by atoms with van der Waals surface area (Å²) in [4.78, 5) is 15.5. The van der Waals surface area contributed by atoms with Crippen LogP contribution in [0, 0.1) is 22.7 Å². The number of hydrogen-bond donors (Lipinski definition) is 1. The molecule has 0 aliphatic heterocycles. The fraction of sp³-hybridized carbons (Fsp3) is 0.316. The smallest absolute Gasteiger partial charge is 0.267 e. The molecule has 1 aliphatic carbocycles. The number of carbonyl (C=O) groups excluding carboxylic acids is 1. The van der Waals surface area contributed by atoms with Gasteiger partial charge in [0, 0.05) is 31.1 Å². The normalized spacial score (nSPS) is 13.5. The van der Waals surface area contributed by atoms with Crippen LogP contribution in [0.25, 0.3) is 6.08 Å². The number of thiophene rings is 1. The number of fused-ring (bicyclic) bond motifs is 1. The Morgan fingerprint density at radius 1 is 1.31 bits per heavy atom. The molecule has 2 aromatic heterocycles. The quantitative estimate of drug-likeness (QED) is 0.658. The van der Waals surface area contributed by atoms with Gasteiger partial charge in [0.2, 0.25) is 0 Å². The standard InChI is InChI=1S/C19H18N4O2S/c1-23(2)17-8-7-13(25-17)9-12(10-20)18(24)22-19-15(11-21)14-5-3-4-6-16(14)26-19/h7-9H,3-6H2,1-2H3,(H,22,24). The van der Waals surface area contributed by atoms with E-state index in [9.17, 15) is 15.3 Å². The number of rotatable bonds is 4. The van der Waals surface area contributed by atoms with E-state index < -0.39 is 5.91 Å². The maximum absolute atomic E-state index is 12.5. The number of nitrogens with one attached hydrogen (secondary N) is 1. The Balaban J connectivity index is 1.84. The average Bonchev–Trinajstić information content (AvgIpc) is 3.23. The summed E-state index contributed by atoms with van der Waals surface area (Å²) in [5.41, 5.74) is 1.51. The first-order chi connectivity index (χ1) is 12.5. The lowest BCUT2D eigenvalue weighted by atomic mass is 9.96. The zero-order valence-electron chi connectivity index (χ0n) is 14.6. The highest BCUT2D eigenvalue weighted by atomic mass is 32.1. The van der Waals surface area contributed by atoms with Gasteiger partial charge >= 0.3 is 0 Å². The van der Waals surface area contributed by atoms with Crippen LogP contribution in [0.4, 0.5) is 10.9 Å². The molecule has 0 radical (unpaired) electrons. The van der Waals surface area contributed by atoms with Crippen LogP contribution in [-0.2, 0) is 17.6 Å². The first-order valence-corrected chi connectivity index (χ1v) is 9.10. The van der Waals surface area contributed by atoms with Gasteiger partial charge in [-0.05, 0) is 37.3 Å². The zero-order chi connectivity index (χ0) is 18.7. The number of nitrogens with zero attached hydrogens (tertiary/aromatic N) is 3. The molecular weight excluding hydrogens is 348 g/mol. The van der Waals surface area contributed by atoms with Gasteiger partial charge < -0.3 is 14.6 Å². The van der Waals surface area contributed by atoms with E-state index in [1.807, 2.05) is 20.2 Å². The van der Waals surface area contributed by atoms with E-state index in [1.165, 1.54) is 17.4 Å². The second kappa shape index (κ2) is 7.47. The summed E-state index contributed by atoms with van der Waals surface area (Å²) in [6.07, 6.45) is 5.36. The third-order valence-electron chi connectivity index (χ3n) is 4.22. The van der Waals surface area contributed by atoms with Crippen molar-refractivity contribution in [2.24, 2.45) is 0 Å². The Morgan fingerprint density at radius 3 is 2.73 bits per heavy atom. The molecule has 0 saturated heterocycles. The van der Waals surface area contributed by atoms with Gasteiger partial charge in [0.1, 0.15) is 28.5 Å². The number of amides is 1. The van der Waals surface area contributed by atoms with E-state index in [1.54, 1.807) is 17.0 Å². The topological polar surface area (TPSA) is 93.1 Å². The third-order valence-corrected chi connectivity index (χ3v) is 5.42. The summed E-state index contributed by atoms with van der Waals surface area (Å²) in [6, 6.07) is 7.57. The van der Waals surface area contributed by atoms with Crippen molar-refractivity contribution >= 4 is 34.2 Å². The van der Waals surface area contributed by atoms with Crippen LogP contribution in [0.15, 0.2) is 22.1 Å². The Labute approximate surface area is 155 Å². The van der Waals surface area contributed by atoms with Crippen LogP contribution >= 0.6 is 11.3 Å². The first kappa shape index (κ1) is 17.8. The van der Waals surface area contributed by atoms with Crippen molar-refractivity contribution in [1.82, 2.24) is 0 Å². The van der Waals surface area contributed by atoms with Crippen molar-refractivity contribution < 1.29 is 9.21 Å². The van der Waals surface area contributed by atoms with Gasteiger partial charge in [-0.2, -0.15) is 10.5 Å². The minimum atomic E-state index is -0.537. The maximum atomic E-state index is 12.5. The lowest BCUT2D eigenvalue weighted by molar-refractivity contribution is -0.112. The molecule has 2 heterocycles. The second-order valence-electron chi connectivity index (χ2n) is 6.22. The van der Waals surface area contributed by atoms with E-state index in [0.29, 0.717) is 22.2 Å². The number of furan rings is 1. The Bertz CT molecular complexity index is 953. The Kier molecular flexibility index (Phi) is 5.11. The molecule has 26 heavy (non-hydrogen) atoms. The van der Waals surface area contributed by atoms with Crippen molar-refractivity contribution in [3.63, 3.8) is 0 Å². The largest absolute Gasteiger partial charge is 0.441 e. The number of nitriles is 2. The van der Waals surface area contributed by atoms with Crippen LogP contribution < -0.4 is 10.2 Å². The molecule has 0 aromatic carbocycles. The molecule has 1 amide bonds. The van der Waals surface area contributed by atoms with Crippen molar-refractivity contribution in [2.75, 3.05) is 24.3 Å². The highest BCUT2D eigenvalue weighted by molar-refractivity contribution is 7.16. The van der Waals surface area contributed by atoms with Crippen LogP contribution in [-0.4, -0.2) is 20.0 Å². The van der Waals surface area contributed by atoms with Crippen LogP contribution in [0.2, 0.25) is 0 Å². The Hall–Kier alpha value is -3.03. The first-order valence-electron chi connectivity index (χ1n) is 8.28. The molecule has 0 unspecified atom stereocenters. The minimum Gasteiger partial charge on any atom is -0.441 e. The van der Waals surface area contributed by atoms with Gasteiger partial charge in [-0.15, -0.1) is 11.3 Å².